The summed E-state index contributed by atoms with van der Waals surface area (Å²) in [7, 11) is 0. The van der Waals surface area contributed by atoms with E-state index >= 15 is 0 Å². The van der Waals surface area contributed by atoms with Gasteiger partial charge in [-0.1, -0.05) is 237 Å². The summed E-state index contributed by atoms with van der Waals surface area (Å²) < 4.78 is 3.99. The van der Waals surface area contributed by atoms with E-state index < -0.39 is 0 Å². The summed E-state index contributed by atoms with van der Waals surface area (Å²) in [6.07, 6.45) is 0. The molecule has 18 aromatic rings. The summed E-state index contributed by atoms with van der Waals surface area (Å²) in [6, 6.07) is 131. The quantitative estimate of drug-likeness (QED) is 0.0864. The van der Waals surface area contributed by atoms with Gasteiger partial charge in [0.15, 0.2) is 0 Å². The van der Waals surface area contributed by atoms with Crippen molar-refractivity contribution < 1.29 is 0 Å². The second kappa shape index (κ2) is 32.6. The normalized spacial score (nSPS) is 11.2. The highest BCUT2D eigenvalue weighted by molar-refractivity contribution is 9.14. The van der Waals surface area contributed by atoms with Crippen molar-refractivity contribution in [2.75, 3.05) is 24.9 Å². The number of nitrogens with zero attached hydrogens (tertiary/aromatic N) is 4. The molecule has 0 amide bonds. The Labute approximate surface area is 683 Å². The average molecular weight is 1690 g/mol. The van der Waals surface area contributed by atoms with Gasteiger partial charge in [0.05, 0.1) is 32.9 Å². The second-order valence-corrected chi connectivity index (χ2v) is 31.7. The minimum Gasteiger partial charge on any atom is -0.355 e. The Hall–Kier alpha value is -11.6. The van der Waals surface area contributed by atoms with E-state index in [1.165, 1.54) is 98.0 Å². The zero-order valence-corrected chi connectivity index (χ0v) is 68.8. The van der Waals surface area contributed by atoms with Crippen LogP contribution in [-0.4, -0.2) is 0 Å². The van der Waals surface area contributed by atoms with Crippen LogP contribution in [0.1, 0.15) is 33.4 Å². The minimum absolute atomic E-state index is 0.959. The lowest BCUT2D eigenvalue weighted by Crippen LogP contribution is -2.18. The molecule has 0 atom stereocenters. The SMILES string of the molecule is Brc1cc(N(c2ccccc2)c2ccccc2)cc(Br)c1Br.Cc1cc(C)cc(N(c2cc(N(c3ccccc3)c3ccccc3)cc(N(c3cc(C)cc(C)c3)c3cccc4c3ccc3ccccc34)c2Br)c2cccc3c2ccc2ccccc23)c1.Cc1cc(C)cc(Nc2cccc3c2ccc2ccccc23)c1. The molecule has 0 unspecified atom stereocenters. The van der Waals surface area contributed by atoms with Crippen molar-refractivity contribution >= 4 is 208 Å². The number of para-hydroxylation sites is 4. The molecule has 0 aliphatic rings. The molecule has 18 aromatic carbocycles. The Morgan fingerprint density at radius 1 is 0.198 bits per heavy atom. The molecule has 0 radical (unpaired) electrons. The summed E-state index contributed by atoms with van der Waals surface area (Å²) in [5.41, 5.74) is 22.4. The lowest BCUT2D eigenvalue weighted by atomic mass is 9.98. The first-order valence-corrected chi connectivity index (χ1v) is 40.5. The lowest BCUT2D eigenvalue weighted by molar-refractivity contribution is 1.21. The standard InChI is InChI=1S/C62H48BrN3.C22H19N.C18H12Br3N/c1-41-33-42(2)36-49(35-41)65(58-27-15-25-54-52-23-13-11-17-45(52)29-31-56(54)58)60-39-51(64(47-19-7-5-8-20-47)48-21-9-6-10-22-48)40-61(62(60)63)66(50-37-43(3)34-44(4)38-50)59-28-16-26-55-53-24-14-12-18-46(53)30-32-57(55)59;1-15-12-16(2)14-18(13-15)23-22-9-5-8-20-19-7-4-3-6-17(19)10-11-21(20)22;19-16-11-15(12-17(20)18(16)21)22(13-7-3-1-4-8-13)14-9-5-2-6-10-14/h5-40H,1-4H3;3-14,23H,1-2H3;1-12H. The van der Waals surface area contributed by atoms with Gasteiger partial charge in [0, 0.05) is 80.8 Å². The minimum atomic E-state index is 0.959. The molecule has 0 saturated heterocycles. The van der Waals surface area contributed by atoms with Gasteiger partial charge < -0.3 is 24.9 Å². The molecule has 9 heteroatoms. The maximum atomic E-state index is 4.45. The molecular weight excluding hydrogens is 1610 g/mol. The molecule has 18 rings (SSSR count). The molecular formula is C102H79Br4N5. The summed E-state index contributed by atoms with van der Waals surface area (Å²) >= 11 is 15.2. The van der Waals surface area contributed by atoms with Crippen molar-refractivity contribution in [3.05, 3.63) is 415 Å². The highest BCUT2D eigenvalue weighted by Crippen LogP contribution is 2.54. The zero-order chi connectivity index (χ0) is 76.2. The van der Waals surface area contributed by atoms with Gasteiger partial charge in [0.25, 0.3) is 0 Å². The highest BCUT2D eigenvalue weighted by Gasteiger charge is 2.29. The van der Waals surface area contributed by atoms with Crippen LogP contribution in [0.15, 0.2) is 382 Å². The van der Waals surface area contributed by atoms with Crippen LogP contribution >= 0.6 is 63.7 Å². The number of anilines is 14. The lowest BCUT2D eigenvalue weighted by Gasteiger charge is -2.35. The first-order valence-electron chi connectivity index (χ1n) is 37.3. The predicted molar refractivity (Wildman–Crippen MR) is 492 cm³/mol. The van der Waals surface area contributed by atoms with Crippen LogP contribution in [0, 0.1) is 41.5 Å². The zero-order valence-electron chi connectivity index (χ0n) is 62.4. The summed E-state index contributed by atoms with van der Waals surface area (Å²) in [5.74, 6) is 0. The van der Waals surface area contributed by atoms with E-state index in [0.717, 1.165) is 97.5 Å². The topological polar surface area (TPSA) is 25.0 Å². The van der Waals surface area contributed by atoms with Gasteiger partial charge >= 0.3 is 0 Å². The highest BCUT2D eigenvalue weighted by atomic mass is 79.9. The fourth-order valence-corrected chi connectivity index (χ4v) is 17.6. The van der Waals surface area contributed by atoms with E-state index in [4.69, 9.17) is 0 Å². The molecule has 540 valence electrons. The van der Waals surface area contributed by atoms with Crippen LogP contribution in [0.3, 0.4) is 0 Å². The Balaban J connectivity index is 0.000000167. The molecule has 5 nitrogen and oxygen atoms in total. The van der Waals surface area contributed by atoms with Crippen molar-refractivity contribution in [2.24, 2.45) is 0 Å². The molecule has 0 heterocycles. The fraction of sp³-hybridized carbons (Fsp3) is 0.0588. The van der Waals surface area contributed by atoms with Gasteiger partial charge in [-0.15, -0.1) is 0 Å². The van der Waals surface area contributed by atoms with E-state index in [1.807, 2.05) is 36.4 Å². The van der Waals surface area contributed by atoms with Crippen molar-refractivity contribution in [3.8, 4) is 0 Å². The van der Waals surface area contributed by atoms with Gasteiger partial charge in [-0.05, 0) is 315 Å². The fourth-order valence-electron chi connectivity index (χ4n) is 15.7. The van der Waals surface area contributed by atoms with Gasteiger partial charge in [0.2, 0.25) is 0 Å². The number of halogens is 4. The predicted octanol–water partition coefficient (Wildman–Crippen LogP) is 32.5. The average Bonchev–Trinajstić information content (AvgIpc) is 0.734. The van der Waals surface area contributed by atoms with E-state index in [0.29, 0.717) is 0 Å². The molecule has 0 aromatic heterocycles. The Kier molecular flexibility index (Phi) is 21.6. The first-order chi connectivity index (χ1) is 54.2. The van der Waals surface area contributed by atoms with Crippen LogP contribution in [0.2, 0.25) is 0 Å². The maximum Gasteiger partial charge on any atom is 0.0658 e. The van der Waals surface area contributed by atoms with Crippen molar-refractivity contribution in [3.63, 3.8) is 0 Å². The van der Waals surface area contributed by atoms with Crippen molar-refractivity contribution in [1.29, 1.82) is 0 Å². The maximum absolute atomic E-state index is 4.45. The third kappa shape index (κ3) is 15.6. The molecule has 0 aliphatic carbocycles. The number of fused-ring (bicyclic) bond motifs is 9. The Morgan fingerprint density at radius 3 is 0.874 bits per heavy atom. The largest absolute Gasteiger partial charge is 0.355 e. The number of aryl methyl sites for hydroxylation is 6. The second-order valence-electron chi connectivity index (χ2n) is 28.4. The number of nitrogens with one attached hydrogen (secondary N) is 1. The molecule has 0 saturated carbocycles. The molecule has 0 fully saturated rings. The Morgan fingerprint density at radius 2 is 0.495 bits per heavy atom. The number of rotatable bonds is 14. The van der Waals surface area contributed by atoms with Crippen molar-refractivity contribution in [2.45, 2.75) is 41.5 Å². The number of hydrogen-bond acceptors (Lipinski definition) is 5. The number of benzene rings is 18. The Bertz CT molecular complexity index is 6110. The summed E-state index contributed by atoms with van der Waals surface area (Å²) in [5, 5.41) is 18.4. The third-order valence-corrected chi connectivity index (χ3v) is 24.3. The molecule has 1 N–H and O–H groups in total. The third-order valence-electron chi connectivity index (χ3n) is 20.3. The molecule has 111 heavy (non-hydrogen) atoms. The summed E-state index contributed by atoms with van der Waals surface area (Å²) in [4.78, 5) is 9.55. The van der Waals surface area contributed by atoms with Gasteiger partial charge in [-0.3, -0.25) is 0 Å². The van der Waals surface area contributed by atoms with E-state index in [2.05, 4.69) is 458 Å². The van der Waals surface area contributed by atoms with Crippen LogP contribution < -0.4 is 24.9 Å². The van der Waals surface area contributed by atoms with Crippen molar-refractivity contribution in [1.82, 2.24) is 0 Å². The van der Waals surface area contributed by atoms with Crippen LogP contribution in [-0.2, 0) is 0 Å². The van der Waals surface area contributed by atoms with E-state index in [-0.39, 0.29) is 0 Å². The molecule has 0 aliphatic heterocycles. The smallest absolute Gasteiger partial charge is 0.0658 e. The van der Waals surface area contributed by atoms with Crippen LogP contribution in [0.5, 0.6) is 0 Å². The molecule has 0 spiro atoms. The van der Waals surface area contributed by atoms with Crippen LogP contribution in [0.4, 0.5) is 79.6 Å². The van der Waals surface area contributed by atoms with E-state index in [1.54, 1.807) is 0 Å². The molecule has 0 bridgehead atoms. The van der Waals surface area contributed by atoms with E-state index in [9.17, 15) is 0 Å². The summed E-state index contributed by atoms with van der Waals surface area (Å²) in [6.45, 7) is 13.0. The van der Waals surface area contributed by atoms with Gasteiger partial charge in [0.1, 0.15) is 0 Å². The van der Waals surface area contributed by atoms with Crippen LogP contribution in [0.25, 0.3) is 64.6 Å². The first kappa shape index (κ1) is 73.6. The van der Waals surface area contributed by atoms with Gasteiger partial charge in [-0.25, -0.2) is 0 Å². The number of hydrogen-bond donors (Lipinski definition) is 1. The monoisotopic (exact) mass is 1690 g/mol. The van der Waals surface area contributed by atoms with Gasteiger partial charge in [-0.2, -0.15) is 0 Å².